The lowest BCUT2D eigenvalue weighted by molar-refractivity contribution is 0.0950. The first kappa shape index (κ1) is 21.2. The van der Waals surface area contributed by atoms with E-state index in [1.54, 1.807) is 31.3 Å². The lowest BCUT2D eigenvalue weighted by Gasteiger charge is -2.11. The van der Waals surface area contributed by atoms with Crippen LogP contribution in [-0.4, -0.2) is 22.5 Å². The van der Waals surface area contributed by atoms with Crippen LogP contribution in [0.1, 0.15) is 28.5 Å². The van der Waals surface area contributed by atoms with Crippen LogP contribution >= 0.6 is 0 Å². The molecule has 2 aromatic carbocycles. The smallest absolute Gasteiger partial charge is 0.253 e. The van der Waals surface area contributed by atoms with Crippen LogP contribution in [0.15, 0.2) is 66.9 Å². The largest absolute Gasteiger partial charge is 0.490 e. The molecule has 4 aromatic rings. The van der Waals surface area contributed by atoms with E-state index in [0.717, 1.165) is 5.56 Å². The monoisotopic (exact) mass is 431 g/mol. The van der Waals surface area contributed by atoms with Crippen LogP contribution in [0.25, 0.3) is 10.9 Å². The minimum Gasteiger partial charge on any atom is -0.490 e. The second kappa shape index (κ2) is 9.43. The number of halogens is 1. The van der Waals surface area contributed by atoms with Crippen molar-refractivity contribution in [2.24, 2.45) is 0 Å². The van der Waals surface area contributed by atoms with Crippen LogP contribution in [0, 0.1) is 12.7 Å². The van der Waals surface area contributed by atoms with E-state index in [4.69, 9.17) is 9.47 Å². The quantitative estimate of drug-likeness (QED) is 0.436. The van der Waals surface area contributed by atoms with Crippen LogP contribution in [0.5, 0.6) is 17.4 Å². The number of hydrogen-bond donors (Lipinski definition) is 1. The number of hydrogen-bond acceptors (Lipinski definition) is 5. The summed E-state index contributed by atoms with van der Waals surface area (Å²) >= 11 is 0. The van der Waals surface area contributed by atoms with Gasteiger partial charge in [-0.2, -0.15) is 0 Å². The van der Waals surface area contributed by atoms with Crippen LogP contribution < -0.4 is 14.8 Å². The summed E-state index contributed by atoms with van der Waals surface area (Å²) in [6.45, 7) is 4.47. The summed E-state index contributed by atoms with van der Waals surface area (Å²) < 4.78 is 24.8. The summed E-state index contributed by atoms with van der Waals surface area (Å²) in [5, 5.41) is 3.58. The number of aromatic nitrogens is 2. The molecule has 0 aliphatic heterocycles. The molecule has 2 aromatic heterocycles. The van der Waals surface area contributed by atoms with E-state index in [1.165, 1.54) is 12.1 Å². The fourth-order valence-electron chi connectivity index (χ4n) is 3.24. The van der Waals surface area contributed by atoms with E-state index in [0.29, 0.717) is 52.7 Å². The molecule has 0 radical (unpaired) electrons. The van der Waals surface area contributed by atoms with Gasteiger partial charge in [0.1, 0.15) is 5.82 Å². The summed E-state index contributed by atoms with van der Waals surface area (Å²) in [5.41, 5.74) is 2.32. The highest BCUT2D eigenvalue weighted by molar-refractivity contribution is 5.98. The molecule has 7 heteroatoms. The maximum atomic E-state index is 13.4. The molecule has 0 spiro atoms. The maximum Gasteiger partial charge on any atom is 0.253 e. The Hall–Kier alpha value is -4.00. The Kier molecular flexibility index (Phi) is 6.26. The fraction of sp³-hybridized carbons (Fsp3) is 0.160. The van der Waals surface area contributed by atoms with Crippen LogP contribution in [0.3, 0.4) is 0 Å². The zero-order valence-electron chi connectivity index (χ0n) is 17.8. The topological polar surface area (TPSA) is 73.3 Å². The van der Waals surface area contributed by atoms with Crippen molar-refractivity contribution in [1.29, 1.82) is 0 Å². The highest BCUT2D eigenvalue weighted by Gasteiger charge is 2.12. The van der Waals surface area contributed by atoms with Gasteiger partial charge in [0.25, 0.3) is 5.91 Å². The number of para-hydroxylation sites is 2. The summed E-state index contributed by atoms with van der Waals surface area (Å²) in [7, 11) is 0. The van der Waals surface area contributed by atoms with Crippen molar-refractivity contribution >= 4 is 16.8 Å². The van der Waals surface area contributed by atoms with Crippen LogP contribution in [0.4, 0.5) is 4.39 Å². The Morgan fingerprint density at radius 3 is 2.62 bits per heavy atom. The predicted octanol–water partition coefficient (Wildman–Crippen LogP) is 5.20. The molecule has 2 heterocycles. The van der Waals surface area contributed by atoms with E-state index in [9.17, 15) is 9.18 Å². The van der Waals surface area contributed by atoms with Crippen molar-refractivity contribution in [1.82, 2.24) is 15.3 Å². The van der Waals surface area contributed by atoms with Gasteiger partial charge in [0, 0.05) is 30.3 Å². The Morgan fingerprint density at radius 1 is 1.06 bits per heavy atom. The molecule has 32 heavy (non-hydrogen) atoms. The number of rotatable bonds is 7. The molecule has 0 unspecified atom stereocenters. The van der Waals surface area contributed by atoms with Crippen molar-refractivity contribution < 1.29 is 18.7 Å². The highest BCUT2D eigenvalue weighted by atomic mass is 19.1. The molecule has 4 rings (SSSR count). The molecule has 0 aliphatic carbocycles. The van der Waals surface area contributed by atoms with Crippen molar-refractivity contribution in [2.45, 2.75) is 20.4 Å². The number of ether oxygens (including phenoxy) is 2. The molecule has 6 nitrogen and oxygen atoms in total. The summed E-state index contributed by atoms with van der Waals surface area (Å²) in [6, 6.07) is 17.0. The molecule has 0 saturated heterocycles. The van der Waals surface area contributed by atoms with Gasteiger partial charge >= 0.3 is 0 Å². The number of pyridine rings is 2. The molecule has 0 saturated carbocycles. The first-order chi connectivity index (χ1) is 15.5. The highest BCUT2D eigenvalue weighted by Crippen LogP contribution is 2.30. The van der Waals surface area contributed by atoms with Gasteiger partial charge in [-0.05, 0) is 49.7 Å². The third kappa shape index (κ3) is 4.83. The average Bonchev–Trinajstić information content (AvgIpc) is 2.79. The maximum absolute atomic E-state index is 13.4. The zero-order chi connectivity index (χ0) is 22.5. The second-order valence-corrected chi connectivity index (χ2v) is 7.13. The molecule has 0 bridgehead atoms. The number of carbonyl (C=O) groups excluding carboxylic acids is 1. The molecular formula is C25H22FN3O3. The number of aryl methyl sites for hydroxylation is 1. The van der Waals surface area contributed by atoms with Crippen LogP contribution in [0.2, 0.25) is 0 Å². The number of benzene rings is 2. The number of fused-ring (bicyclic) bond motifs is 1. The first-order valence-electron chi connectivity index (χ1n) is 10.2. The molecule has 162 valence electrons. The summed E-state index contributed by atoms with van der Waals surface area (Å²) in [5.74, 6) is 1.04. The Bertz CT molecular complexity index is 1260. The lowest BCUT2D eigenvalue weighted by atomic mass is 10.1. The standard InChI is InChI=1S/C25H22FN3O3/c1-3-31-22-6-4-5-7-23(22)32-24-11-8-17(14-27-24)15-28-25(30)20-12-18-9-10-19(26)13-21(18)29-16(20)2/h4-14H,3,15H2,1-2H3,(H,28,30). The van der Waals surface area contributed by atoms with Crippen LogP contribution in [-0.2, 0) is 6.54 Å². The third-order valence-electron chi connectivity index (χ3n) is 4.83. The fourth-order valence-corrected chi connectivity index (χ4v) is 3.24. The van der Waals surface area contributed by atoms with Crippen molar-refractivity contribution in [2.75, 3.05) is 6.61 Å². The van der Waals surface area contributed by atoms with Gasteiger partial charge in [-0.3, -0.25) is 9.78 Å². The van der Waals surface area contributed by atoms with Gasteiger partial charge in [0.2, 0.25) is 5.88 Å². The zero-order valence-corrected chi connectivity index (χ0v) is 17.8. The van der Waals surface area contributed by atoms with Gasteiger partial charge in [-0.25, -0.2) is 9.37 Å². The van der Waals surface area contributed by atoms with E-state index in [2.05, 4.69) is 15.3 Å². The van der Waals surface area contributed by atoms with E-state index in [1.807, 2.05) is 37.3 Å². The van der Waals surface area contributed by atoms with Crippen molar-refractivity contribution in [3.8, 4) is 17.4 Å². The Balaban J connectivity index is 1.41. The molecule has 1 N–H and O–H groups in total. The number of nitrogens with one attached hydrogen (secondary N) is 1. The molecule has 0 aliphatic rings. The molecule has 0 atom stereocenters. The average molecular weight is 431 g/mol. The third-order valence-corrected chi connectivity index (χ3v) is 4.83. The first-order valence-corrected chi connectivity index (χ1v) is 10.2. The van der Waals surface area contributed by atoms with Crippen molar-refractivity contribution in [3.05, 3.63) is 89.5 Å². The minimum absolute atomic E-state index is 0.257. The second-order valence-electron chi connectivity index (χ2n) is 7.13. The number of carbonyl (C=O) groups is 1. The number of nitrogens with zero attached hydrogens (tertiary/aromatic N) is 2. The normalized spacial score (nSPS) is 10.7. The number of amides is 1. The van der Waals surface area contributed by atoms with Crippen molar-refractivity contribution in [3.63, 3.8) is 0 Å². The Labute approximate surface area is 185 Å². The molecule has 0 fully saturated rings. The van der Waals surface area contributed by atoms with E-state index >= 15 is 0 Å². The Morgan fingerprint density at radius 2 is 1.88 bits per heavy atom. The van der Waals surface area contributed by atoms with Gasteiger partial charge in [0.05, 0.1) is 23.4 Å². The SMILES string of the molecule is CCOc1ccccc1Oc1ccc(CNC(=O)c2cc3ccc(F)cc3nc2C)cn1. The summed E-state index contributed by atoms with van der Waals surface area (Å²) in [4.78, 5) is 21.3. The van der Waals surface area contributed by atoms with Gasteiger partial charge in [0.15, 0.2) is 11.5 Å². The molecule has 1 amide bonds. The predicted molar refractivity (Wildman–Crippen MR) is 120 cm³/mol. The molecular weight excluding hydrogens is 409 g/mol. The van der Waals surface area contributed by atoms with Gasteiger partial charge < -0.3 is 14.8 Å². The van der Waals surface area contributed by atoms with Gasteiger partial charge in [-0.15, -0.1) is 0 Å². The summed E-state index contributed by atoms with van der Waals surface area (Å²) in [6.07, 6.45) is 1.65. The van der Waals surface area contributed by atoms with E-state index < -0.39 is 0 Å². The van der Waals surface area contributed by atoms with E-state index in [-0.39, 0.29) is 11.7 Å². The minimum atomic E-state index is -0.358. The van der Waals surface area contributed by atoms with Gasteiger partial charge in [-0.1, -0.05) is 18.2 Å². The lowest BCUT2D eigenvalue weighted by Crippen LogP contribution is -2.24.